The smallest absolute Gasteiger partial charge is 0.185 e. The van der Waals surface area contributed by atoms with E-state index in [9.17, 15) is 0 Å². The third kappa shape index (κ3) is 4.75. The van der Waals surface area contributed by atoms with Crippen LogP contribution in [0.4, 0.5) is 5.13 Å². The van der Waals surface area contributed by atoms with Gasteiger partial charge in [0.15, 0.2) is 5.13 Å². The lowest BCUT2D eigenvalue weighted by Crippen LogP contribution is -2.23. The summed E-state index contributed by atoms with van der Waals surface area (Å²) < 4.78 is 5.58. The molecule has 1 heterocycles. The molecule has 0 spiro atoms. The van der Waals surface area contributed by atoms with Gasteiger partial charge in [-0.1, -0.05) is 13.8 Å². The minimum atomic E-state index is 0.278. The van der Waals surface area contributed by atoms with Gasteiger partial charge in [0.25, 0.3) is 0 Å². The number of thiazole rings is 1. The lowest BCUT2D eigenvalue weighted by atomic mass is 10.0. The first-order valence-corrected chi connectivity index (χ1v) is 7.83. The Balaban J connectivity index is 2.69. The maximum absolute atomic E-state index is 5.82. The average molecular weight is 285 g/mol. The van der Waals surface area contributed by atoms with Crippen molar-refractivity contribution < 1.29 is 4.74 Å². The van der Waals surface area contributed by atoms with Gasteiger partial charge in [0.1, 0.15) is 0 Å². The summed E-state index contributed by atoms with van der Waals surface area (Å²) in [5, 5.41) is 1.04. The van der Waals surface area contributed by atoms with E-state index in [4.69, 9.17) is 15.5 Å². The van der Waals surface area contributed by atoms with E-state index in [0.717, 1.165) is 24.7 Å². The molecule has 1 aromatic heterocycles. The molecule has 0 radical (unpaired) electrons. The van der Waals surface area contributed by atoms with Crippen molar-refractivity contribution in [3.05, 3.63) is 10.6 Å². The van der Waals surface area contributed by atoms with E-state index in [0.29, 0.717) is 12.5 Å². The molecule has 0 aliphatic carbocycles. The summed E-state index contributed by atoms with van der Waals surface area (Å²) in [4.78, 5) is 8.12. The Bertz CT molecular complexity index is 379. The second-order valence-corrected chi connectivity index (χ2v) is 6.22. The minimum Gasteiger partial charge on any atom is -0.377 e. The second kappa shape index (κ2) is 7.82. The molecule has 19 heavy (non-hydrogen) atoms. The molecule has 0 amide bonds. The van der Waals surface area contributed by atoms with Crippen LogP contribution < -0.4 is 10.6 Å². The topological polar surface area (TPSA) is 51.4 Å². The zero-order chi connectivity index (χ0) is 14.4. The fourth-order valence-corrected chi connectivity index (χ4v) is 2.81. The van der Waals surface area contributed by atoms with Crippen molar-refractivity contribution in [3.8, 4) is 0 Å². The molecular weight excluding hydrogens is 258 g/mol. The number of aromatic nitrogens is 1. The van der Waals surface area contributed by atoms with Crippen LogP contribution in [-0.2, 0) is 11.3 Å². The number of nitrogens with two attached hydrogens (primary N) is 1. The number of nitrogens with zero attached hydrogens (tertiary/aromatic N) is 2. The molecule has 0 saturated carbocycles. The van der Waals surface area contributed by atoms with Gasteiger partial charge in [-0.3, -0.25) is 0 Å². The summed E-state index contributed by atoms with van der Waals surface area (Å²) >= 11 is 1.70. The maximum atomic E-state index is 5.82. The Labute approximate surface area is 121 Å². The van der Waals surface area contributed by atoms with Crippen molar-refractivity contribution in [1.82, 2.24) is 4.98 Å². The summed E-state index contributed by atoms with van der Waals surface area (Å²) in [6, 6.07) is 0. The number of anilines is 1. The van der Waals surface area contributed by atoms with Gasteiger partial charge in [0.2, 0.25) is 0 Å². The summed E-state index contributed by atoms with van der Waals surface area (Å²) in [7, 11) is 2.06. The molecule has 0 saturated heterocycles. The van der Waals surface area contributed by atoms with Gasteiger partial charge < -0.3 is 15.4 Å². The Morgan fingerprint density at radius 1 is 1.37 bits per heavy atom. The zero-order valence-corrected chi connectivity index (χ0v) is 13.6. The fourth-order valence-electron chi connectivity index (χ4n) is 1.76. The van der Waals surface area contributed by atoms with Crippen LogP contribution in [0, 0.1) is 0 Å². The predicted octanol–water partition coefficient (Wildman–Crippen LogP) is 2.98. The van der Waals surface area contributed by atoms with Gasteiger partial charge in [0.05, 0.1) is 18.4 Å². The van der Waals surface area contributed by atoms with Crippen LogP contribution in [0.1, 0.15) is 50.6 Å². The summed E-state index contributed by atoms with van der Waals surface area (Å²) in [5.74, 6) is 0.476. The maximum Gasteiger partial charge on any atom is 0.185 e. The molecular formula is C14H27N3OS. The number of hydrogen-bond acceptors (Lipinski definition) is 5. The molecule has 0 aromatic carbocycles. The summed E-state index contributed by atoms with van der Waals surface area (Å²) in [5.41, 5.74) is 6.99. The highest BCUT2D eigenvalue weighted by Gasteiger charge is 2.17. The van der Waals surface area contributed by atoms with E-state index in [-0.39, 0.29) is 6.10 Å². The van der Waals surface area contributed by atoms with Crippen molar-refractivity contribution in [3.63, 3.8) is 0 Å². The van der Waals surface area contributed by atoms with Crippen molar-refractivity contribution >= 4 is 16.5 Å². The zero-order valence-electron chi connectivity index (χ0n) is 12.8. The third-order valence-corrected chi connectivity index (χ3v) is 4.39. The first kappa shape index (κ1) is 16.4. The standard InChI is InChI=1S/C14H27N3OS/c1-6-11(4)13-12(9-15)19-14(16-13)17(5)7-8-18-10(2)3/h10-11H,6-9,15H2,1-5H3. The number of rotatable bonds is 8. The molecule has 2 N–H and O–H groups in total. The van der Waals surface area contributed by atoms with Crippen LogP contribution in [0.3, 0.4) is 0 Å². The van der Waals surface area contributed by atoms with Crippen molar-refractivity contribution in [1.29, 1.82) is 0 Å². The van der Waals surface area contributed by atoms with Crippen molar-refractivity contribution in [2.24, 2.45) is 5.73 Å². The van der Waals surface area contributed by atoms with Gasteiger partial charge in [-0.25, -0.2) is 4.98 Å². The largest absolute Gasteiger partial charge is 0.377 e. The van der Waals surface area contributed by atoms with E-state index >= 15 is 0 Å². The van der Waals surface area contributed by atoms with Crippen molar-refractivity contribution in [2.75, 3.05) is 25.1 Å². The van der Waals surface area contributed by atoms with Gasteiger partial charge in [-0.2, -0.15) is 0 Å². The molecule has 0 aliphatic rings. The van der Waals surface area contributed by atoms with Gasteiger partial charge in [-0.15, -0.1) is 11.3 Å². The second-order valence-electron chi connectivity index (χ2n) is 5.16. The predicted molar refractivity (Wildman–Crippen MR) is 83.1 cm³/mol. The van der Waals surface area contributed by atoms with Gasteiger partial charge in [0, 0.05) is 25.0 Å². The van der Waals surface area contributed by atoms with Gasteiger partial charge in [-0.05, 0) is 26.2 Å². The highest BCUT2D eigenvalue weighted by Crippen LogP contribution is 2.31. The lowest BCUT2D eigenvalue weighted by molar-refractivity contribution is 0.0846. The lowest BCUT2D eigenvalue weighted by Gasteiger charge is -2.16. The number of hydrogen-bond donors (Lipinski definition) is 1. The molecule has 1 aromatic rings. The monoisotopic (exact) mass is 285 g/mol. The van der Waals surface area contributed by atoms with Crippen LogP contribution in [0.25, 0.3) is 0 Å². The average Bonchev–Trinajstić information content (AvgIpc) is 2.81. The van der Waals surface area contributed by atoms with E-state index in [2.05, 4.69) is 39.6 Å². The number of likely N-dealkylation sites (N-methyl/N-ethyl adjacent to an activating group) is 1. The molecule has 1 unspecified atom stereocenters. The molecule has 1 rings (SSSR count). The third-order valence-electron chi connectivity index (χ3n) is 3.19. The quantitative estimate of drug-likeness (QED) is 0.798. The number of ether oxygens (including phenoxy) is 1. The van der Waals surface area contributed by atoms with Crippen LogP contribution in [0.5, 0.6) is 0 Å². The Morgan fingerprint density at radius 3 is 2.58 bits per heavy atom. The molecule has 0 aliphatic heterocycles. The fraction of sp³-hybridized carbons (Fsp3) is 0.786. The Hall–Kier alpha value is -0.650. The van der Waals surface area contributed by atoms with E-state index < -0.39 is 0 Å². The van der Waals surface area contributed by atoms with Crippen molar-refractivity contribution in [2.45, 2.75) is 52.7 Å². The normalized spacial score (nSPS) is 13.0. The Kier molecular flexibility index (Phi) is 6.75. The molecule has 110 valence electrons. The highest BCUT2D eigenvalue weighted by atomic mass is 32.1. The molecule has 5 heteroatoms. The first-order chi connectivity index (χ1) is 8.99. The van der Waals surface area contributed by atoms with Crippen LogP contribution in [0.2, 0.25) is 0 Å². The SMILES string of the molecule is CCC(C)c1nc(N(C)CCOC(C)C)sc1CN. The highest BCUT2D eigenvalue weighted by molar-refractivity contribution is 7.15. The van der Waals surface area contributed by atoms with Crippen LogP contribution in [-0.4, -0.2) is 31.3 Å². The minimum absolute atomic E-state index is 0.278. The van der Waals surface area contributed by atoms with E-state index in [1.165, 1.54) is 10.6 Å². The summed E-state index contributed by atoms with van der Waals surface area (Å²) in [6.07, 6.45) is 1.37. The molecule has 0 fully saturated rings. The molecule has 0 bridgehead atoms. The molecule has 4 nitrogen and oxygen atoms in total. The van der Waals surface area contributed by atoms with E-state index in [1.54, 1.807) is 11.3 Å². The van der Waals surface area contributed by atoms with Gasteiger partial charge >= 0.3 is 0 Å². The summed E-state index contributed by atoms with van der Waals surface area (Å²) in [6.45, 7) is 10.7. The van der Waals surface area contributed by atoms with E-state index in [1.807, 2.05) is 0 Å². The Morgan fingerprint density at radius 2 is 2.05 bits per heavy atom. The first-order valence-electron chi connectivity index (χ1n) is 7.01. The molecule has 1 atom stereocenters. The van der Waals surface area contributed by atoms with Crippen LogP contribution >= 0.6 is 11.3 Å². The van der Waals surface area contributed by atoms with Crippen LogP contribution in [0.15, 0.2) is 0 Å².